The highest BCUT2D eigenvalue weighted by atomic mass is 16.5. The third-order valence-electron chi connectivity index (χ3n) is 1.32. The van der Waals surface area contributed by atoms with E-state index >= 15 is 0 Å². The summed E-state index contributed by atoms with van der Waals surface area (Å²) in [6.45, 7) is 8.95. The van der Waals surface area contributed by atoms with Crippen LogP contribution in [0.3, 0.4) is 0 Å². The van der Waals surface area contributed by atoms with Crippen LogP contribution in [0.25, 0.3) is 0 Å². The molecule has 0 atom stereocenters. The molecule has 0 aliphatic heterocycles. The summed E-state index contributed by atoms with van der Waals surface area (Å²) in [5.74, 6) is -2.19. The van der Waals surface area contributed by atoms with Crippen LogP contribution in [-0.4, -0.2) is 24.1 Å². The van der Waals surface area contributed by atoms with Gasteiger partial charge in [-0.2, -0.15) is 0 Å². The topological polar surface area (TPSA) is 60.4 Å². The fraction of sp³-hybridized carbons (Fsp3) is 0.300. The Balaban J connectivity index is 4.10. The Morgan fingerprint density at radius 2 is 1.57 bits per heavy atom. The quantitative estimate of drug-likeness (QED) is 0.371. The fourth-order valence-corrected chi connectivity index (χ4v) is 0.558. The Morgan fingerprint density at radius 1 is 1.07 bits per heavy atom. The molecule has 76 valence electrons. The van der Waals surface area contributed by atoms with Crippen LogP contribution in [0.2, 0.25) is 0 Å². The van der Waals surface area contributed by atoms with Gasteiger partial charge in [0.05, 0.1) is 0 Å². The monoisotopic (exact) mass is 196 g/mol. The minimum absolute atomic E-state index is 0.126. The van der Waals surface area contributed by atoms with E-state index in [1.807, 2.05) is 0 Å². The van der Waals surface area contributed by atoms with Crippen molar-refractivity contribution in [3.8, 4) is 0 Å². The highest BCUT2D eigenvalue weighted by Gasteiger charge is 2.16. The maximum atomic E-state index is 11.0. The molecular weight excluding hydrogens is 184 g/mol. The molecule has 0 aliphatic carbocycles. The van der Waals surface area contributed by atoms with Gasteiger partial charge < -0.3 is 4.74 Å². The fourth-order valence-electron chi connectivity index (χ4n) is 0.558. The molecule has 0 aliphatic rings. The smallest absolute Gasteiger partial charge is 0.333 e. The van der Waals surface area contributed by atoms with Crippen LogP contribution in [-0.2, 0) is 19.1 Å². The number of esters is 1. The summed E-state index contributed by atoms with van der Waals surface area (Å²) in [5.41, 5.74) is 0.307. The highest BCUT2D eigenvalue weighted by molar-refractivity contribution is 6.43. The van der Waals surface area contributed by atoms with Gasteiger partial charge in [-0.25, -0.2) is 4.79 Å². The number of carbonyl (C=O) groups excluding carboxylic acids is 3. The van der Waals surface area contributed by atoms with E-state index in [1.165, 1.54) is 13.8 Å². The van der Waals surface area contributed by atoms with Gasteiger partial charge in [-0.3, -0.25) is 9.59 Å². The van der Waals surface area contributed by atoms with E-state index in [0.29, 0.717) is 0 Å². The molecule has 0 unspecified atom stereocenters. The predicted octanol–water partition coefficient (Wildman–Crippen LogP) is 0.820. The Bertz CT molecular complexity index is 312. The molecule has 0 saturated carbocycles. The minimum Gasteiger partial charge on any atom is -0.454 e. The van der Waals surface area contributed by atoms with E-state index in [1.54, 1.807) is 0 Å². The number of ketones is 2. The summed E-state index contributed by atoms with van der Waals surface area (Å²) in [7, 11) is 0. The standard InChI is InChI=1S/C10H12O4/c1-6(2)9(12)8(11)5-14-10(13)7(3)4/h1,3,5H2,2,4H3. The molecule has 0 aromatic heterocycles. The largest absolute Gasteiger partial charge is 0.454 e. The molecule has 4 nitrogen and oxygen atoms in total. The lowest BCUT2D eigenvalue weighted by molar-refractivity contribution is -0.146. The summed E-state index contributed by atoms with van der Waals surface area (Å²) in [6, 6.07) is 0. The Kier molecular flexibility index (Phi) is 4.49. The number of hydrogen-bond acceptors (Lipinski definition) is 4. The van der Waals surface area contributed by atoms with Gasteiger partial charge in [0, 0.05) is 5.57 Å². The molecule has 0 spiro atoms. The van der Waals surface area contributed by atoms with Gasteiger partial charge in [-0.1, -0.05) is 13.2 Å². The van der Waals surface area contributed by atoms with Gasteiger partial charge >= 0.3 is 5.97 Å². The van der Waals surface area contributed by atoms with Crippen molar-refractivity contribution in [1.29, 1.82) is 0 Å². The van der Waals surface area contributed by atoms with Crippen LogP contribution in [0.1, 0.15) is 13.8 Å². The van der Waals surface area contributed by atoms with Gasteiger partial charge in [-0.05, 0) is 19.4 Å². The molecule has 0 saturated heterocycles. The summed E-state index contributed by atoms with van der Waals surface area (Å²) in [6.07, 6.45) is 0. The zero-order valence-electron chi connectivity index (χ0n) is 8.25. The molecule has 4 heteroatoms. The molecule has 0 radical (unpaired) electrons. The molecular formula is C10H12O4. The van der Waals surface area contributed by atoms with Gasteiger partial charge in [0.15, 0.2) is 6.61 Å². The van der Waals surface area contributed by atoms with Gasteiger partial charge in [0.1, 0.15) is 0 Å². The highest BCUT2D eigenvalue weighted by Crippen LogP contribution is 1.95. The summed E-state index contributed by atoms with van der Waals surface area (Å²) in [4.78, 5) is 32.8. The second-order valence-electron chi connectivity index (χ2n) is 2.89. The molecule has 0 rings (SSSR count). The van der Waals surface area contributed by atoms with E-state index in [-0.39, 0.29) is 11.1 Å². The van der Waals surface area contributed by atoms with Crippen LogP contribution in [0.15, 0.2) is 24.3 Å². The zero-order valence-corrected chi connectivity index (χ0v) is 8.25. The van der Waals surface area contributed by atoms with Crippen molar-refractivity contribution in [2.24, 2.45) is 0 Å². The molecule has 0 aromatic rings. The average molecular weight is 196 g/mol. The van der Waals surface area contributed by atoms with Crippen LogP contribution >= 0.6 is 0 Å². The molecule has 0 heterocycles. The number of Topliss-reactive ketones (excluding diaryl/α,β-unsaturated/α-hetero) is 2. The van der Waals surface area contributed by atoms with E-state index in [0.717, 1.165) is 0 Å². The zero-order chi connectivity index (χ0) is 11.3. The van der Waals surface area contributed by atoms with Gasteiger partial charge in [-0.15, -0.1) is 0 Å². The van der Waals surface area contributed by atoms with Crippen molar-refractivity contribution >= 4 is 17.5 Å². The van der Waals surface area contributed by atoms with Crippen LogP contribution < -0.4 is 0 Å². The molecule has 0 amide bonds. The Hall–Kier alpha value is -1.71. The van der Waals surface area contributed by atoms with Crippen molar-refractivity contribution in [2.45, 2.75) is 13.8 Å². The van der Waals surface area contributed by atoms with Crippen LogP contribution in [0.4, 0.5) is 0 Å². The average Bonchev–Trinajstić information content (AvgIpc) is 2.11. The SMILES string of the molecule is C=C(C)C(=O)OCC(=O)C(=O)C(=C)C. The van der Waals surface area contributed by atoms with Crippen molar-refractivity contribution < 1.29 is 19.1 Å². The number of allylic oxidation sites excluding steroid dienone is 1. The number of hydrogen-bond donors (Lipinski definition) is 0. The van der Waals surface area contributed by atoms with E-state index < -0.39 is 24.1 Å². The molecule has 14 heavy (non-hydrogen) atoms. The third kappa shape index (κ3) is 3.80. The summed E-state index contributed by atoms with van der Waals surface area (Å²) in [5, 5.41) is 0. The van der Waals surface area contributed by atoms with E-state index in [9.17, 15) is 14.4 Å². The first kappa shape index (κ1) is 12.3. The lowest BCUT2D eigenvalue weighted by Gasteiger charge is -2.02. The normalized spacial score (nSPS) is 9.00. The molecule has 0 bridgehead atoms. The second-order valence-corrected chi connectivity index (χ2v) is 2.89. The first-order chi connectivity index (χ1) is 6.36. The van der Waals surface area contributed by atoms with E-state index in [2.05, 4.69) is 17.9 Å². The van der Waals surface area contributed by atoms with E-state index in [4.69, 9.17) is 0 Å². The van der Waals surface area contributed by atoms with Crippen molar-refractivity contribution in [3.05, 3.63) is 24.3 Å². The first-order valence-corrected chi connectivity index (χ1v) is 3.92. The molecule has 0 fully saturated rings. The summed E-state index contributed by atoms with van der Waals surface area (Å²) >= 11 is 0. The summed E-state index contributed by atoms with van der Waals surface area (Å²) < 4.78 is 4.49. The third-order valence-corrected chi connectivity index (χ3v) is 1.32. The first-order valence-electron chi connectivity index (χ1n) is 3.92. The van der Waals surface area contributed by atoms with Crippen LogP contribution in [0, 0.1) is 0 Å². The molecule has 0 aromatic carbocycles. The van der Waals surface area contributed by atoms with Crippen molar-refractivity contribution in [3.63, 3.8) is 0 Å². The van der Waals surface area contributed by atoms with Crippen molar-refractivity contribution in [1.82, 2.24) is 0 Å². The Morgan fingerprint density at radius 3 is 1.93 bits per heavy atom. The lowest BCUT2D eigenvalue weighted by atomic mass is 10.1. The Labute approximate surface area is 82.2 Å². The predicted molar refractivity (Wildman–Crippen MR) is 50.6 cm³/mol. The van der Waals surface area contributed by atoms with Gasteiger partial charge in [0.25, 0.3) is 0 Å². The van der Waals surface area contributed by atoms with Crippen molar-refractivity contribution in [2.75, 3.05) is 6.61 Å². The minimum atomic E-state index is -0.785. The van der Waals surface area contributed by atoms with Gasteiger partial charge in [0.2, 0.25) is 11.6 Å². The van der Waals surface area contributed by atoms with Crippen LogP contribution in [0.5, 0.6) is 0 Å². The number of ether oxygens (including phenoxy) is 1. The number of rotatable bonds is 5. The second kappa shape index (κ2) is 5.11. The maximum Gasteiger partial charge on any atom is 0.333 e. The lowest BCUT2D eigenvalue weighted by Crippen LogP contribution is -2.22. The molecule has 0 N–H and O–H groups in total. The number of carbonyl (C=O) groups is 3. The maximum absolute atomic E-state index is 11.0.